The number of hydrogen-bond acceptors (Lipinski definition) is 7. The summed E-state index contributed by atoms with van der Waals surface area (Å²) in [6.45, 7) is 2.83. The molecule has 0 aliphatic carbocycles. The Morgan fingerprint density at radius 1 is 1.03 bits per heavy atom. The summed E-state index contributed by atoms with van der Waals surface area (Å²) in [6.07, 6.45) is 9.35. The molecule has 8 nitrogen and oxygen atoms in total. The first-order valence-corrected chi connectivity index (χ1v) is 10.9. The SMILES string of the molecule is CN1CCCCC1.OCCOc1ccccc1-c1nc2cc(-c3ncccn3)ncc2[nH]1. The van der Waals surface area contributed by atoms with Gasteiger partial charge in [0, 0.05) is 12.4 Å². The van der Waals surface area contributed by atoms with Crippen molar-refractivity contribution in [3.05, 3.63) is 55.0 Å². The molecule has 1 aliphatic rings. The van der Waals surface area contributed by atoms with Gasteiger partial charge in [0.2, 0.25) is 0 Å². The van der Waals surface area contributed by atoms with E-state index in [-0.39, 0.29) is 13.2 Å². The molecule has 1 aromatic carbocycles. The van der Waals surface area contributed by atoms with Crippen LogP contribution in [-0.2, 0) is 0 Å². The average Bonchev–Trinajstić information content (AvgIpc) is 3.28. The molecule has 32 heavy (non-hydrogen) atoms. The topological polar surface area (TPSA) is 100 Å². The van der Waals surface area contributed by atoms with Crippen LogP contribution in [0.25, 0.3) is 33.9 Å². The Balaban J connectivity index is 0.000000300. The van der Waals surface area contributed by atoms with Crippen molar-refractivity contribution >= 4 is 11.0 Å². The number of benzene rings is 1. The Morgan fingerprint density at radius 2 is 1.81 bits per heavy atom. The lowest BCUT2D eigenvalue weighted by Crippen LogP contribution is -2.24. The summed E-state index contributed by atoms with van der Waals surface area (Å²) in [4.78, 5) is 23.1. The van der Waals surface area contributed by atoms with E-state index in [4.69, 9.17) is 9.84 Å². The van der Waals surface area contributed by atoms with Crippen molar-refractivity contribution < 1.29 is 9.84 Å². The molecule has 5 rings (SSSR count). The number of likely N-dealkylation sites (tertiary alicyclic amines) is 1. The fourth-order valence-electron chi connectivity index (χ4n) is 3.59. The van der Waals surface area contributed by atoms with E-state index >= 15 is 0 Å². The third-order valence-corrected chi connectivity index (χ3v) is 5.23. The second kappa shape index (κ2) is 10.8. The van der Waals surface area contributed by atoms with E-state index < -0.39 is 0 Å². The van der Waals surface area contributed by atoms with Crippen LogP contribution in [0.2, 0.25) is 0 Å². The standard InChI is InChI=1S/C18H15N5O2.C6H13N/c24-8-9-25-16-5-2-1-4-12(16)17-22-13-10-14(21-11-15(13)23-17)18-19-6-3-7-20-18;1-7-5-3-2-4-6-7/h1-7,10-11,24H,8-9H2,(H,22,23);2-6H2,1H3. The van der Waals surface area contributed by atoms with Crippen molar-refractivity contribution in [3.8, 4) is 28.7 Å². The summed E-state index contributed by atoms with van der Waals surface area (Å²) in [7, 11) is 2.19. The number of ether oxygens (including phenoxy) is 1. The number of pyridine rings is 1. The summed E-state index contributed by atoms with van der Waals surface area (Å²) in [6, 6.07) is 11.2. The molecule has 1 fully saturated rings. The molecule has 1 aliphatic heterocycles. The molecule has 0 amide bonds. The van der Waals surface area contributed by atoms with E-state index in [1.54, 1.807) is 24.7 Å². The highest BCUT2D eigenvalue weighted by atomic mass is 16.5. The van der Waals surface area contributed by atoms with Gasteiger partial charge in [-0.15, -0.1) is 0 Å². The van der Waals surface area contributed by atoms with E-state index in [2.05, 4.69) is 36.9 Å². The fraction of sp³-hybridized carbons (Fsp3) is 0.333. The van der Waals surface area contributed by atoms with Gasteiger partial charge in [0.1, 0.15) is 23.9 Å². The number of hydrogen-bond donors (Lipinski definition) is 2. The first kappa shape index (κ1) is 21.9. The van der Waals surface area contributed by atoms with Gasteiger partial charge in [-0.25, -0.2) is 15.0 Å². The zero-order valence-electron chi connectivity index (χ0n) is 18.2. The molecule has 4 aromatic rings. The lowest BCUT2D eigenvalue weighted by Gasteiger charge is -2.20. The third kappa shape index (κ3) is 5.46. The van der Waals surface area contributed by atoms with Crippen LogP contribution >= 0.6 is 0 Å². The predicted molar refractivity (Wildman–Crippen MR) is 124 cm³/mol. The molecule has 3 aromatic heterocycles. The van der Waals surface area contributed by atoms with E-state index in [0.717, 1.165) is 16.6 Å². The molecule has 0 spiro atoms. The molecule has 0 bridgehead atoms. The molecule has 1 saturated heterocycles. The second-order valence-corrected chi connectivity index (χ2v) is 7.68. The van der Waals surface area contributed by atoms with Crippen molar-refractivity contribution in [1.82, 2.24) is 29.8 Å². The molecular weight excluding hydrogens is 404 g/mol. The summed E-state index contributed by atoms with van der Waals surface area (Å²) in [5, 5.41) is 8.97. The first-order chi connectivity index (χ1) is 15.7. The number of aromatic amines is 1. The number of piperidine rings is 1. The van der Waals surface area contributed by atoms with Crippen LogP contribution in [-0.4, -0.2) is 68.3 Å². The number of rotatable bonds is 5. The van der Waals surface area contributed by atoms with Gasteiger partial charge in [0.25, 0.3) is 0 Å². The lowest BCUT2D eigenvalue weighted by atomic mass is 10.1. The third-order valence-electron chi connectivity index (χ3n) is 5.23. The van der Waals surface area contributed by atoms with Gasteiger partial charge in [-0.1, -0.05) is 18.6 Å². The van der Waals surface area contributed by atoms with Crippen molar-refractivity contribution in [1.29, 1.82) is 0 Å². The van der Waals surface area contributed by atoms with Crippen LogP contribution in [0.15, 0.2) is 55.0 Å². The van der Waals surface area contributed by atoms with Crippen molar-refractivity contribution in [2.45, 2.75) is 19.3 Å². The van der Waals surface area contributed by atoms with Crippen LogP contribution in [0.3, 0.4) is 0 Å². The number of nitrogens with one attached hydrogen (secondary N) is 1. The number of para-hydroxylation sites is 1. The van der Waals surface area contributed by atoms with Crippen molar-refractivity contribution in [2.24, 2.45) is 0 Å². The maximum absolute atomic E-state index is 8.97. The minimum Gasteiger partial charge on any atom is -0.490 e. The van der Waals surface area contributed by atoms with Crippen molar-refractivity contribution in [3.63, 3.8) is 0 Å². The number of H-pyrrole nitrogens is 1. The fourth-order valence-corrected chi connectivity index (χ4v) is 3.59. The number of nitrogens with zero attached hydrogens (tertiary/aromatic N) is 5. The van der Waals surface area contributed by atoms with Gasteiger partial charge in [-0.3, -0.25) is 4.98 Å². The van der Waals surface area contributed by atoms with Gasteiger partial charge in [0.05, 0.1) is 29.4 Å². The zero-order chi connectivity index (χ0) is 22.2. The van der Waals surface area contributed by atoms with Crippen LogP contribution < -0.4 is 4.74 Å². The minimum atomic E-state index is -0.0428. The molecule has 8 heteroatoms. The molecule has 4 heterocycles. The number of aliphatic hydroxyl groups is 1. The molecule has 2 N–H and O–H groups in total. The summed E-state index contributed by atoms with van der Waals surface area (Å²) >= 11 is 0. The maximum atomic E-state index is 8.97. The minimum absolute atomic E-state index is 0.0428. The van der Waals surface area contributed by atoms with Gasteiger partial charge in [-0.05, 0) is 57.2 Å². The molecule has 0 radical (unpaired) electrons. The number of imidazole rings is 1. The van der Waals surface area contributed by atoms with Gasteiger partial charge < -0.3 is 19.7 Å². The Hall–Kier alpha value is -3.36. The molecule has 0 saturated carbocycles. The highest BCUT2D eigenvalue weighted by Crippen LogP contribution is 2.29. The molecular formula is C24H28N6O2. The van der Waals surface area contributed by atoms with Crippen LogP contribution in [0.4, 0.5) is 0 Å². The quantitative estimate of drug-likeness (QED) is 0.497. The highest BCUT2D eigenvalue weighted by Gasteiger charge is 2.12. The Morgan fingerprint density at radius 3 is 2.53 bits per heavy atom. The van der Waals surface area contributed by atoms with Gasteiger partial charge in [0.15, 0.2) is 5.82 Å². The smallest absolute Gasteiger partial charge is 0.178 e. The van der Waals surface area contributed by atoms with E-state index in [0.29, 0.717) is 23.1 Å². The van der Waals surface area contributed by atoms with Gasteiger partial charge >= 0.3 is 0 Å². The Kier molecular flexibility index (Phi) is 7.37. The van der Waals surface area contributed by atoms with Crippen LogP contribution in [0.5, 0.6) is 5.75 Å². The van der Waals surface area contributed by atoms with Crippen LogP contribution in [0, 0.1) is 0 Å². The number of aliphatic hydroxyl groups excluding tert-OH is 1. The van der Waals surface area contributed by atoms with E-state index in [9.17, 15) is 0 Å². The summed E-state index contributed by atoms with van der Waals surface area (Å²) in [5.74, 6) is 1.90. The van der Waals surface area contributed by atoms with Crippen LogP contribution in [0.1, 0.15) is 19.3 Å². The zero-order valence-corrected chi connectivity index (χ0v) is 18.2. The Bertz CT molecular complexity index is 1130. The number of aromatic nitrogens is 5. The molecule has 0 unspecified atom stereocenters. The normalized spacial score (nSPS) is 14.1. The number of fused-ring (bicyclic) bond motifs is 1. The Labute approximate surface area is 187 Å². The first-order valence-electron chi connectivity index (χ1n) is 10.9. The predicted octanol–water partition coefficient (Wildman–Crippen LogP) is 3.56. The largest absolute Gasteiger partial charge is 0.490 e. The van der Waals surface area contributed by atoms with E-state index in [1.165, 1.54) is 32.4 Å². The second-order valence-electron chi connectivity index (χ2n) is 7.68. The van der Waals surface area contributed by atoms with E-state index in [1.807, 2.05) is 30.3 Å². The maximum Gasteiger partial charge on any atom is 0.178 e. The van der Waals surface area contributed by atoms with Gasteiger partial charge in [-0.2, -0.15) is 0 Å². The monoisotopic (exact) mass is 432 g/mol. The van der Waals surface area contributed by atoms with Crippen molar-refractivity contribution in [2.75, 3.05) is 33.4 Å². The summed E-state index contributed by atoms with van der Waals surface area (Å²) < 4.78 is 5.58. The highest BCUT2D eigenvalue weighted by molar-refractivity contribution is 5.82. The molecule has 166 valence electrons. The summed E-state index contributed by atoms with van der Waals surface area (Å²) in [5.41, 5.74) is 3.07. The molecule has 0 atom stereocenters. The lowest BCUT2D eigenvalue weighted by molar-refractivity contribution is 0.202. The average molecular weight is 433 g/mol.